The van der Waals surface area contributed by atoms with Crippen LogP contribution in [0.5, 0.6) is 0 Å². The minimum absolute atomic E-state index is 0.331. The van der Waals surface area contributed by atoms with Gasteiger partial charge in [0.2, 0.25) is 0 Å². The van der Waals surface area contributed by atoms with Crippen LogP contribution in [-0.4, -0.2) is 11.1 Å². The normalized spacial score (nSPS) is 7.64. The number of carbonyl (C=O) groups is 1. The molecule has 0 saturated heterocycles. The van der Waals surface area contributed by atoms with Gasteiger partial charge in [-0.05, 0) is 12.1 Å². The van der Waals surface area contributed by atoms with Crippen LogP contribution in [0, 0.1) is 9.93 Å². The fraction of sp³-hybridized carbons (Fsp3) is 0. The Balaban J connectivity index is 0.000000461. The van der Waals surface area contributed by atoms with E-state index >= 15 is 0 Å². The Kier molecular flexibility index (Phi) is 4.31. The lowest BCUT2D eigenvalue weighted by Gasteiger charge is -1.88. The quantitative estimate of drug-likeness (QED) is 0.664. The highest BCUT2D eigenvalue weighted by Crippen LogP contribution is 1.96. The summed E-state index contributed by atoms with van der Waals surface area (Å²) in [6, 6.07) is 8.30. The highest BCUT2D eigenvalue weighted by molar-refractivity contribution is 5.87. The fourth-order valence-corrected chi connectivity index (χ4v) is 0.581. The molecule has 0 radical (unpaired) electrons. The van der Waals surface area contributed by atoms with Gasteiger partial charge in [0.25, 0.3) is 0 Å². The molecular formula is C7H6O4. The Labute approximate surface area is 62.7 Å². The summed E-state index contributed by atoms with van der Waals surface area (Å²) >= 11 is 0. The summed E-state index contributed by atoms with van der Waals surface area (Å²) in [4.78, 5) is 24.2. The smallest absolute Gasteiger partial charge is 0.335 e. The molecule has 1 aromatic rings. The van der Waals surface area contributed by atoms with Crippen molar-refractivity contribution >= 4 is 5.97 Å². The second kappa shape index (κ2) is 5.10. The van der Waals surface area contributed by atoms with Gasteiger partial charge < -0.3 is 5.11 Å². The average Bonchev–Trinajstić information content (AvgIpc) is 2.10. The number of rotatable bonds is 1. The molecule has 0 spiro atoms. The predicted molar refractivity (Wildman–Crippen MR) is 40.1 cm³/mol. The topological polar surface area (TPSA) is 71.4 Å². The maximum absolute atomic E-state index is 10.2. The third kappa shape index (κ3) is 3.10. The Morgan fingerprint density at radius 2 is 1.55 bits per heavy atom. The van der Waals surface area contributed by atoms with Crippen molar-refractivity contribution in [3.8, 4) is 0 Å². The highest BCUT2D eigenvalue weighted by Gasteiger charge is 1.96. The summed E-state index contributed by atoms with van der Waals surface area (Å²) in [6.07, 6.45) is 0. The first-order chi connectivity index (χ1) is 5.30. The van der Waals surface area contributed by atoms with E-state index in [1.807, 2.05) is 0 Å². The molecule has 0 saturated carbocycles. The summed E-state index contributed by atoms with van der Waals surface area (Å²) in [7, 11) is 0. The van der Waals surface area contributed by atoms with Gasteiger partial charge in [-0.15, -0.1) is 0 Å². The maximum atomic E-state index is 10.2. The van der Waals surface area contributed by atoms with Crippen LogP contribution in [0.3, 0.4) is 0 Å². The molecule has 58 valence electrons. The summed E-state index contributed by atoms with van der Waals surface area (Å²) in [6.45, 7) is 0. The predicted octanol–water partition coefficient (Wildman–Crippen LogP) is 1.45. The summed E-state index contributed by atoms with van der Waals surface area (Å²) in [5.41, 5.74) is 0.331. The van der Waals surface area contributed by atoms with Gasteiger partial charge in [-0.2, -0.15) is 0 Å². The van der Waals surface area contributed by atoms with Crippen LogP contribution < -0.4 is 0 Å². The van der Waals surface area contributed by atoms with Gasteiger partial charge in [0.15, 0.2) is 0 Å². The third-order valence-corrected chi connectivity index (χ3v) is 1.02. The summed E-state index contributed by atoms with van der Waals surface area (Å²) in [5.74, 6) is -0.879. The van der Waals surface area contributed by atoms with Crippen LogP contribution in [0.25, 0.3) is 0 Å². The molecule has 0 heterocycles. The van der Waals surface area contributed by atoms with Crippen LogP contribution in [0.4, 0.5) is 0 Å². The molecule has 4 nitrogen and oxygen atoms in total. The second-order valence-electron chi connectivity index (χ2n) is 1.67. The molecule has 1 rings (SSSR count). The Bertz CT molecular complexity index is 219. The lowest BCUT2D eigenvalue weighted by molar-refractivity contribution is 0.0697. The van der Waals surface area contributed by atoms with E-state index in [1.54, 1.807) is 30.3 Å². The molecule has 0 atom stereocenters. The van der Waals surface area contributed by atoms with Gasteiger partial charge in [-0.25, -0.2) is 4.79 Å². The number of hydrogen-bond acceptors (Lipinski definition) is 3. The highest BCUT2D eigenvalue weighted by atomic mass is 16.7. The van der Waals surface area contributed by atoms with E-state index in [1.165, 1.54) is 0 Å². The number of aromatic carboxylic acids is 1. The molecule has 1 aromatic carbocycles. The molecule has 0 unspecified atom stereocenters. The van der Waals surface area contributed by atoms with E-state index in [0.717, 1.165) is 0 Å². The molecule has 4 heteroatoms. The number of hydrogen-bond donors (Lipinski definition) is 1. The minimum atomic E-state index is -0.879. The third-order valence-electron chi connectivity index (χ3n) is 1.02. The zero-order valence-electron chi connectivity index (χ0n) is 5.56. The fourth-order valence-electron chi connectivity index (χ4n) is 0.581. The lowest BCUT2D eigenvalue weighted by atomic mass is 10.2. The molecule has 1 N–H and O–H groups in total. The van der Waals surface area contributed by atoms with Crippen LogP contribution in [-0.2, 0) is 0 Å². The van der Waals surface area contributed by atoms with Crippen LogP contribution >= 0.6 is 0 Å². The molecule has 0 aromatic heterocycles. The molecule has 0 amide bonds. The maximum Gasteiger partial charge on any atom is 0.335 e. The van der Waals surface area contributed by atoms with Gasteiger partial charge in [-0.3, -0.25) is 0 Å². The Morgan fingerprint density at radius 3 is 1.82 bits per heavy atom. The molecule has 11 heavy (non-hydrogen) atoms. The van der Waals surface area contributed by atoms with Crippen LogP contribution in [0.15, 0.2) is 30.3 Å². The van der Waals surface area contributed by atoms with E-state index in [4.69, 9.17) is 15.0 Å². The molecular weight excluding hydrogens is 148 g/mol. The van der Waals surface area contributed by atoms with Gasteiger partial charge in [0.05, 0.1) is 5.56 Å². The van der Waals surface area contributed by atoms with Gasteiger partial charge in [-0.1, -0.05) is 18.2 Å². The standard InChI is InChI=1S/C7H6O2.O2/c8-7(9)6-4-2-1-3-5-6;1-2/h1-5H,(H,8,9);. The monoisotopic (exact) mass is 154 g/mol. The van der Waals surface area contributed by atoms with E-state index in [9.17, 15) is 4.79 Å². The zero-order valence-corrected chi connectivity index (χ0v) is 5.56. The molecule has 0 fully saturated rings. The van der Waals surface area contributed by atoms with Crippen molar-refractivity contribution in [2.45, 2.75) is 0 Å². The van der Waals surface area contributed by atoms with Crippen LogP contribution in [0.2, 0.25) is 0 Å². The number of carboxylic acids is 1. The molecule has 0 aliphatic carbocycles. The van der Waals surface area contributed by atoms with Crippen molar-refractivity contribution in [1.29, 1.82) is 0 Å². The van der Waals surface area contributed by atoms with E-state index < -0.39 is 5.97 Å². The number of benzene rings is 1. The van der Waals surface area contributed by atoms with Crippen molar-refractivity contribution in [3.05, 3.63) is 45.8 Å². The van der Waals surface area contributed by atoms with Gasteiger partial charge >= 0.3 is 5.97 Å². The largest absolute Gasteiger partial charge is 0.478 e. The van der Waals surface area contributed by atoms with Crippen molar-refractivity contribution in [3.63, 3.8) is 0 Å². The SMILES string of the molecule is O=C(O)c1ccccc1.O=O. The van der Waals surface area contributed by atoms with E-state index in [-0.39, 0.29) is 0 Å². The Morgan fingerprint density at radius 1 is 1.09 bits per heavy atom. The molecule has 0 aliphatic heterocycles. The second-order valence-corrected chi connectivity index (χ2v) is 1.67. The van der Waals surface area contributed by atoms with Crippen molar-refractivity contribution in [2.24, 2.45) is 0 Å². The first kappa shape index (κ1) is 9.29. The van der Waals surface area contributed by atoms with Crippen molar-refractivity contribution < 1.29 is 9.90 Å². The van der Waals surface area contributed by atoms with E-state index in [2.05, 4.69) is 0 Å². The molecule has 0 bridgehead atoms. The Hall–Kier alpha value is -1.71. The number of carboxylic acid groups (broad SMARTS) is 1. The van der Waals surface area contributed by atoms with Crippen molar-refractivity contribution in [2.75, 3.05) is 0 Å². The van der Waals surface area contributed by atoms with Gasteiger partial charge in [0.1, 0.15) is 0 Å². The van der Waals surface area contributed by atoms with Gasteiger partial charge in [0, 0.05) is 9.93 Å². The summed E-state index contributed by atoms with van der Waals surface area (Å²) in [5, 5.41) is 8.38. The minimum Gasteiger partial charge on any atom is -0.478 e. The first-order valence-electron chi connectivity index (χ1n) is 2.76. The lowest BCUT2D eigenvalue weighted by Crippen LogP contribution is -1.93. The van der Waals surface area contributed by atoms with Crippen LogP contribution in [0.1, 0.15) is 10.4 Å². The summed E-state index contributed by atoms with van der Waals surface area (Å²) < 4.78 is 0. The van der Waals surface area contributed by atoms with E-state index in [0.29, 0.717) is 5.56 Å². The molecule has 0 aliphatic rings. The zero-order chi connectivity index (χ0) is 8.69. The first-order valence-corrected chi connectivity index (χ1v) is 2.76. The average molecular weight is 154 g/mol. The van der Waals surface area contributed by atoms with Crippen molar-refractivity contribution in [1.82, 2.24) is 0 Å².